The van der Waals surface area contributed by atoms with E-state index in [2.05, 4.69) is 54.2 Å². The van der Waals surface area contributed by atoms with Gasteiger partial charge >= 0.3 is 0 Å². The van der Waals surface area contributed by atoms with Crippen molar-refractivity contribution >= 4 is 33.6 Å². The molecule has 0 bridgehead atoms. The van der Waals surface area contributed by atoms with E-state index in [1.165, 1.54) is 5.39 Å². The fraction of sp³-hybridized carbons (Fsp3) is 0.312. The van der Waals surface area contributed by atoms with Crippen molar-refractivity contribution in [2.45, 2.75) is 26.7 Å². The van der Waals surface area contributed by atoms with Gasteiger partial charge in [0.1, 0.15) is 22.7 Å². The Morgan fingerprint density at radius 3 is 2.63 bits per heavy atom. The van der Waals surface area contributed by atoms with Gasteiger partial charge in [0.05, 0.1) is 0 Å². The van der Waals surface area contributed by atoms with Crippen LogP contribution in [0, 0.1) is 5.92 Å². The first-order valence-corrected chi connectivity index (χ1v) is 14.1. The summed E-state index contributed by atoms with van der Waals surface area (Å²) in [5.74, 6) is 3.21. The SMILES string of the molecule is CC(C)Cc1nc(N2CCCN(C(=O)c3ccc4c(c3)OCO4)CC2)c2c(-c3ccc4ccccc4c3)noc2n1. The second-order valence-corrected chi connectivity index (χ2v) is 11.0. The van der Waals surface area contributed by atoms with E-state index in [0.717, 1.165) is 53.1 Å². The van der Waals surface area contributed by atoms with Crippen LogP contribution in [0.4, 0.5) is 5.82 Å². The number of hydrogen-bond donors (Lipinski definition) is 0. The molecule has 1 fully saturated rings. The molecular weight excluding hydrogens is 518 g/mol. The quantitative estimate of drug-likeness (QED) is 0.275. The van der Waals surface area contributed by atoms with E-state index in [-0.39, 0.29) is 12.7 Å². The summed E-state index contributed by atoms with van der Waals surface area (Å²) in [5.41, 5.74) is 2.78. The number of carbonyl (C=O) groups excluding carboxylic acids is 1. The number of anilines is 1. The Morgan fingerprint density at radius 2 is 1.76 bits per heavy atom. The number of rotatable bonds is 5. The number of amides is 1. The average Bonchev–Trinajstić information content (AvgIpc) is 3.56. The number of carbonyl (C=O) groups is 1. The highest BCUT2D eigenvalue weighted by molar-refractivity contribution is 6.00. The molecule has 0 unspecified atom stereocenters. The first-order valence-electron chi connectivity index (χ1n) is 14.1. The van der Waals surface area contributed by atoms with Gasteiger partial charge in [-0.2, -0.15) is 4.98 Å². The first-order chi connectivity index (χ1) is 20.0. The van der Waals surface area contributed by atoms with Crippen LogP contribution in [-0.4, -0.2) is 58.9 Å². The molecule has 1 amide bonds. The molecule has 41 heavy (non-hydrogen) atoms. The smallest absolute Gasteiger partial charge is 0.263 e. The van der Waals surface area contributed by atoms with Crippen molar-refractivity contribution in [1.82, 2.24) is 20.0 Å². The minimum absolute atomic E-state index is 0.0136. The van der Waals surface area contributed by atoms with Crippen LogP contribution in [-0.2, 0) is 6.42 Å². The normalized spacial score (nSPS) is 15.2. The van der Waals surface area contributed by atoms with E-state index in [4.69, 9.17) is 24.0 Å². The van der Waals surface area contributed by atoms with E-state index in [1.54, 1.807) is 18.2 Å². The molecule has 0 aliphatic carbocycles. The summed E-state index contributed by atoms with van der Waals surface area (Å²) in [6, 6.07) is 19.9. The third-order valence-electron chi connectivity index (χ3n) is 7.68. The van der Waals surface area contributed by atoms with Crippen LogP contribution in [0.5, 0.6) is 11.5 Å². The zero-order valence-electron chi connectivity index (χ0n) is 23.2. The van der Waals surface area contributed by atoms with Crippen molar-refractivity contribution in [1.29, 1.82) is 0 Å². The Hall–Kier alpha value is -4.66. The van der Waals surface area contributed by atoms with Crippen LogP contribution in [0.3, 0.4) is 0 Å². The molecule has 2 aliphatic rings. The summed E-state index contributed by atoms with van der Waals surface area (Å²) in [4.78, 5) is 27.4. The van der Waals surface area contributed by atoms with Gasteiger partial charge in [-0.25, -0.2) is 4.98 Å². The third-order valence-corrected chi connectivity index (χ3v) is 7.68. The summed E-state index contributed by atoms with van der Waals surface area (Å²) in [6.07, 6.45) is 1.54. The van der Waals surface area contributed by atoms with E-state index in [9.17, 15) is 4.79 Å². The number of nitrogens with zero attached hydrogens (tertiary/aromatic N) is 5. The minimum Gasteiger partial charge on any atom is -0.454 e. The molecular formula is C32H31N5O4. The third kappa shape index (κ3) is 4.81. The van der Waals surface area contributed by atoms with Gasteiger partial charge in [0.25, 0.3) is 11.6 Å². The van der Waals surface area contributed by atoms with Crippen LogP contribution in [0.25, 0.3) is 33.1 Å². The van der Waals surface area contributed by atoms with Gasteiger partial charge in [0.15, 0.2) is 11.5 Å². The van der Waals surface area contributed by atoms with Crippen molar-refractivity contribution in [3.63, 3.8) is 0 Å². The van der Waals surface area contributed by atoms with Crippen molar-refractivity contribution in [3.8, 4) is 22.8 Å². The van der Waals surface area contributed by atoms with E-state index in [1.807, 2.05) is 17.0 Å². The molecule has 7 rings (SSSR count). The first kappa shape index (κ1) is 25.3. The summed E-state index contributed by atoms with van der Waals surface area (Å²) < 4.78 is 16.7. The highest BCUT2D eigenvalue weighted by Gasteiger charge is 2.27. The number of fused-ring (bicyclic) bond motifs is 3. The van der Waals surface area contributed by atoms with Crippen LogP contribution in [0.2, 0.25) is 0 Å². The van der Waals surface area contributed by atoms with Crippen molar-refractivity contribution < 1.29 is 18.8 Å². The molecule has 3 aromatic carbocycles. The van der Waals surface area contributed by atoms with E-state index < -0.39 is 0 Å². The molecule has 2 aliphatic heterocycles. The lowest BCUT2D eigenvalue weighted by molar-refractivity contribution is 0.0766. The predicted octanol–water partition coefficient (Wildman–Crippen LogP) is 5.72. The van der Waals surface area contributed by atoms with Crippen molar-refractivity contribution in [3.05, 3.63) is 72.1 Å². The lowest BCUT2D eigenvalue weighted by Crippen LogP contribution is -2.35. The minimum atomic E-state index is -0.0136. The summed E-state index contributed by atoms with van der Waals surface area (Å²) in [5, 5.41) is 7.60. The maximum atomic E-state index is 13.4. The fourth-order valence-electron chi connectivity index (χ4n) is 5.64. The second-order valence-electron chi connectivity index (χ2n) is 11.0. The molecule has 5 aromatic rings. The Balaban J connectivity index is 1.23. The van der Waals surface area contributed by atoms with Gasteiger partial charge in [-0.3, -0.25) is 4.79 Å². The number of hydrogen-bond acceptors (Lipinski definition) is 8. The summed E-state index contributed by atoms with van der Waals surface area (Å²) in [6.45, 7) is 7.08. The van der Waals surface area contributed by atoms with Gasteiger partial charge in [-0.05, 0) is 47.4 Å². The largest absolute Gasteiger partial charge is 0.454 e. The molecule has 9 heteroatoms. The Morgan fingerprint density at radius 1 is 0.902 bits per heavy atom. The predicted molar refractivity (Wildman–Crippen MR) is 156 cm³/mol. The molecule has 0 radical (unpaired) electrons. The van der Waals surface area contributed by atoms with Gasteiger partial charge in [0, 0.05) is 43.7 Å². The van der Waals surface area contributed by atoms with Crippen molar-refractivity contribution in [2.75, 3.05) is 37.9 Å². The Kier molecular flexibility index (Phi) is 6.41. The second kappa shape index (κ2) is 10.4. The molecule has 0 N–H and O–H groups in total. The number of benzene rings is 3. The summed E-state index contributed by atoms with van der Waals surface area (Å²) >= 11 is 0. The van der Waals surface area contributed by atoms with Crippen LogP contribution in [0.15, 0.2) is 65.2 Å². The van der Waals surface area contributed by atoms with Crippen molar-refractivity contribution in [2.24, 2.45) is 5.92 Å². The molecule has 1 saturated heterocycles. The number of aromatic nitrogens is 3. The van der Waals surface area contributed by atoms with Gasteiger partial charge in [0.2, 0.25) is 6.79 Å². The molecule has 9 nitrogen and oxygen atoms in total. The molecule has 4 heterocycles. The topological polar surface area (TPSA) is 93.8 Å². The highest BCUT2D eigenvalue weighted by atomic mass is 16.7. The van der Waals surface area contributed by atoms with Gasteiger partial charge in [-0.1, -0.05) is 55.4 Å². The zero-order chi connectivity index (χ0) is 27.9. The standard InChI is InChI=1S/C32H31N5O4/c1-20(2)16-27-33-30(28-29(35-41-31(28)34-27)23-9-8-21-6-3-4-7-22(21)17-23)36-12-5-13-37(15-14-36)32(38)24-10-11-25-26(18-24)40-19-39-25/h3-4,6-11,17-18,20H,5,12-16,19H2,1-2H3. The van der Waals surface area contributed by atoms with E-state index >= 15 is 0 Å². The lowest BCUT2D eigenvalue weighted by atomic mass is 10.0. The zero-order valence-corrected chi connectivity index (χ0v) is 23.2. The molecule has 2 aromatic heterocycles. The van der Waals surface area contributed by atoms with Crippen LogP contribution >= 0.6 is 0 Å². The lowest BCUT2D eigenvalue weighted by Gasteiger charge is -2.24. The molecule has 0 atom stereocenters. The fourth-order valence-corrected chi connectivity index (χ4v) is 5.64. The monoisotopic (exact) mass is 549 g/mol. The van der Waals surface area contributed by atoms with E-state index in [0.29, 0.717) is 48.3 Å². The van der Waals surface area contributed by atoms with Gasteiger partial charge in [-0.15, -0.1) is 0 Å². The number of ether oxygens (including phenoxy) is 2. The Bertz CT molecular complexity index is 1760. The summed E-state index contributed by atoms with van der Waals surface area (Å²) in [7, 11) is 0. The Labute approximate surface area is 237 Å². The highest BCUT2D eigenvalue weighted by Crippen LogP contribution is 2.36. The average molecular weight is 550 g/mol. The van der Waals surface area contributed by atoms with Gasteiger partial charge < -0.3 is 23.8 Å². The van der Waals surface area contributed by atoms with Crippen LogP contribution in [0.1, 0.15) is 36.5 Å². The molecule has 0 spiro atoms. The maximum Gasteiger partial charge on any atom is 0.263 e. The maximum absolute atomic E-state index is 13.4. The van der Waals surface area contributed by atoms with Crippen LogP contribution < -0.4 is 14.4 Å². The molecule has 208 valence electrons. The molecule has 0 saturated carbocycles.